The van der Waals surface area contributed by atoms with Gasteiger partial charge in [0.1, 0.15) is 0 Å². The van der Waals surface area contributed by atoms with Crippen LogP contribution in [0.2, 0.25) is 0 Å². The van der Waals surface area contributed by atoms with Crippen molar-refractivity contribution in [3.8, 4) is 11.4 Å². The maximum Gasteiger partial charge on any atom is 0.231 e. The molecule has 0 unspecified atom stereocenters. The summed E-state index contributed by atoms with van der Waals surface area (Å²) in [4.78, 5) is 11.6. The van der Waals surface area contributed by atoms with E-state index in [4.69, 9.17) is 4.52 Å². The number of aromatic nitrogens is 3. The Morgan fingerprint density at radius 1 is 1.07 bits per heavy atom. The Kier molecular flexibility index (Phi) is 4.37. The van der Waals surface area contributed by atoms with Gasteiger partial charge in [-0.05, 0) is 37.6 Å². The van der Waals surface area contributed by atoms with Crippen LogP contribution in [0.1, 0.15) is 29.4 Å². The molecule has 3 heterocycles. The highest BCUT2D eigenvalue weighted by Gasteiger charge is 2.28. The first-order valence-corrected chi connectivity index (χ1v) is 9.72. The van der Waals surface area contributed by atoms with E-state index in [-0.39, 0.29) is 0 Å². The van der Waals surface area contributed by atoms with E-state index >= 15 is 0 Å². The average molecular weight is 370 g/mol. The van der Waals surface area contributed by atoms with Crippen LogP contribution in [0.4, 0.5) is 0 Å². The Morgan fingerprint density at radius 3 is 2.82 bits per heavy atom. The molecule has 0 spiro atoms. The summed E-state index contributed by atoms with van der Waals surface area (Å²) in [5.74, 6) is 1.71. The molecule has 1 fully saturated rings. The molecule has 1 saturated heterocycles. The van der Waals surface area contributed by atoms with E-state index in [1.54, 1.807) is 0 Å². The van der Waals surface area contributed by atoms with E-state index in [9.17, 15) is 0 Å². The van der Waals surface area contributed by atoms with Crippen molar-refractivity contribution < 1.29 is 4.52 Å². The summed E-state index contributed by atoms with van der Waals surface area (Å²) in [5, 5.41) is 5.43. The van der Waals surface area contributed by atoms with E-state index in [1.807, 2.05) is 24.4 Å². The summed E-state index contributed by atoms with van der Waals surface area (Å²) in [7, 11) is 0. The van der Waals surface area contributed by atoms with E-state index in [1.165, 1.54) is 16.5 Å². The Hall–Kier alpha value is -3.05. The number of likely N-dealkylation sites (tertiary alicyclic amines) is 1. The number of hydrogen-bond donors (Lipinski definition) is 0. The van der Waals surface area contributed by atoms with Crippen molar-refractivity contribution >= 4 is 10.9 Å². The lowest BCUT2D eigenvalue weighted by molar-refractivity contribution is 0.310. The normalized spacial score (nSPS) is 17.4. The van der Waals surface area contributed by atoms with Gasteiger partial charge in [0, 0.05) is 30.2 Å². The SMILES string of the molecule is Cc1ccc(-c2noc([C@H]3CCN(Cc4ccnc5ccccc45)C3)n2)cc1. The fourth-order valence-corrected chi connectivity index (χ4v) is 3.93. The van der Waals surface area contributed by atoms with Crippen LogP contribution in [0.5, 0.6) is 0 Å². The lowest BCUT2D eigenvalue weighted by atomic mass is 10.1. The monoisotopic (exact) mass is 370 g/mol. The molecular weight excluding hydrogens is 348 g/mol. The minimum Gasteiger partial charge on any atom is -0.339 e. The Balaban J connectivity index is 1.30. The van der Waals surface area contributed by atoms with Gasteiger partial charge in [-0.3, -0.25) is 9.88 Å². The van der Waals surface area contributed by atoms with Gasteiger partial charge in [-0.2, -0.15) is 4.98 Å². The molecule has 28 heavy (non-hydrogen) atoms. The second-order valence-electron chi connectivity index (χ2n) is 7.53. The fraction of sp³-hybridized carbons (Fsp3) is 0.261. The first-order chi connectivity index (χ1) is 13.8. The minimum atomic E-state index is 0.291. The summed E-state index contributed by atoms with van der Waals surface area (Å²) in [6.07, 6.45) is 2.94. The van der Waals surface area contributed by atoms with Crippen molar-refractivity contribution in [1.82, 2.24) is 20.0 Å². The summed E-state index contributed by atoms with van der Waals surface area (Å²) in [6, 6.07) is 18.7. The molecule has 5 rings (SSSR count). The third-order valence-electron chi connectivity index (χ3n) is 5.51. The van der Waals surface area contributed by atoms with Gasteiger partial charge < -0.3 is 4.52 Å². The molecule has 0 N–H and O–H groups in total. The molecule has 5 nitrogen and oxygen atoms in total. The molecule has 5 heteroatoms. The van der Waals surface area contributed by atoms with Crippen LogP contribution >= 0.6 is 0 Å². The van der Waals surface area contributed by atoms with Crippen LogP contribution in [0.25, 0.3) is 22.3 Å². The number of benzene rings is 2. The number of nitrogens with zero attached hydrogens (tertiary/aromatic N) is 4. The molecule has 2 aromatic heterocycles. The zero-order valence-electron chi connectivity index (χ0n) is 15.9. The predicted molar refractivity (Wildman–Crippen MR) is 109 cm³/mol. The van der Waals surface area contributed by atoms with Gasteiger partial charge in [0.25, 0.3) is 0 Å². The largest absolute Gasteiger partial charge is 0.339 e. The Labute approximate surface area is 164 Å². The van der Waals surface area contributed by atoms with Crippen LogP contribution in [0.3, 0.4) is 0 Å². The van der Waals surface area contributed by atoms with Gasteiger partial charge in [0.2, 0.25) is 11.7 Å². The topological polar surface area (TPSA) is 55.1 Å². The maximum absolute atomic E-state index is 5.60. The standard InChI is InChI=1S/C23H22N4O/c1-16-6-8-17(9-7-16)22-25-23(28-26-22)19-11-13-27(15-19)14-18-10-12-24-21-5-3-2-4-20(18)21/h2-10,12,19H,11,13-15H2,1H3/t19-/m0/s1. The molecule has 0 amide bonds. The lowest BCUT2D eigenvalue weighted by Crippen LogP contribution is -2.20. The summed E-state index contributed by atoms with van der Waals surface area (Å²) >= 11 is 0. The highest BCUT2D eigenvalue weighted by atomic mass is 16.5. The Morgan fingerprint density at radius 2 is 1.93 bits per heavy atom. The van der Waals surface area contributed by atoms with Crippen molar-refractivity contribution in [2.45, 2.75) is 25.8 Å². The number of pyridine rings is 1. The van der Waals surface area contributed by atoms with Gasteiger partial charge in [-0.25, -0.2) is 0 Å². The van der Waals surface area contributed by atoms with Crippen LogP contribution in [-0.2, 0) is 6.54 Å². The highest BCUT2D eigenvalue weighted by molar-refractivity contribution is 5.81. The van der Waals surface area contributed by atoms with Crippen molar-refractivity contribution in [3.63, 3.8) is 0 Å². The molecule has 1 atom stereocenters. The van der Waals surface area contributed by atoms with Gasteiger partial charge >= 0.3 is 0 Å². The zero-order chi connectivity index (χ0) is 18.9. The molecule has 2 aromatic carbocycles. The molecular formula is C23H22N4O. The molecule has 140 valence electrons. The number of fused-ring (bicyclic) bond motifs is 1. The third-order valence-corrected chi connectivity index (χ3v) is 5.51. The first-order valence-electron chi connectivity index (χ1n) is 9.72. The fourth-order valence-electron chi connectivity index (χ4n) is 3.93. The number of rotatable bonds is 4. The quantitative estimate of drug-likeness (QED) is 0.526. The number of aryl methyl sites for hydroxylation is 1. The maximum atomic E-state index is 5.60. The third kappa shape index (κ3) is 3.29. The smallest absolute Gasteiger partial charge is 0.231 e. The van der Waals surface area contributed by atoms with Crippen LogP contribution < -0.4 is 0 Å². The second kappa shape index (κ2) is 7.17. The van der Waals surface area contributed by atoms with Crippen LogP contribution in [0, 0.1) is 6.92 Å². The highest BCUT2D eigenvalue weighted by Crippen LogP contribution is 2.29. The summed E-state index contributed by atoms with van der Waals surface area (Å²) < 4.78 is 5.60. The molecule has 1 aliphatic rings. The average Bonchev–Trinajstić information content (AvgIpc) is 3.39. The van der Waals surface area contributed by atoms with Crippen LogP contribution in [0.15, 0.2) is 65.3 Å². The first kappa shape index (κ1) is 17.1. The number of para-hydroxylation sites is 1. The van der Waals surface area contributed by atoms with E-state index in [0.717, 1.165) is 43.0 Å². The van der Waals surface area contributed by atoms with Gasteiger partial charge in [-0.1, -0.05) is 53.2 Å². The van der Waals surface area contributed by atoms with Gasteiger partial charge in [0.05, 0.1) is 11.4 Å². The zero-order valence-corrected chi connectivity index (χ0v) is 15.9. The molecule has 4 aromatic rings. The molecule has 0 radical (unpaired) electrons. The molecule has 0 saturated carbocycles. The predicted octanol–water partition coefficient (Wildman–Crippen LogP) is 4.58. The molecule has 1 aliphatic heterocycles. The Bertz CT molecular complexity index is 1100. The number of hydrogen-bond acceptors (Lipinski definition) is 5. The van der Waals surface area contributed by atoms with Crippen molar-refractivity contribution in [2.75, 3.05) is 13.1 Å². The molecule has 0 aliphatic carbocycles. The lowest BCUT2D eigenvalue weighted by Gasteiger charge is -2.16. The van der Waals surface area contributed by atoms with Crippen LogP contribution in [-0.4, -0.2) is 33.1 Å². The molecule has 0 bridgehead atoms. The van der Waals surface area contributed by atoms with E-state index < -0.39 is 0 Å². The summed E-state index contributed by atoms with van der Waals surface area (Å²) in [6.45, 7) is 4.96. The van der Waals surface area contributed by atoms with Crippen molar-refractivity contribution in [1.29, 1.82) is 0 Å². The van der Waals surface area contributed by atoms with Crippen molar-refractivity contribution in [2.24, 2.45) is 0 Å². The minimum absolute atomic E-state index is 0.291. The van der Waals surface area contributed by atoms with Gasteiger partial charge in [0.15, 0.2) is 0 Å². The summed E-state index contributed by atoms with van der Waals surface area (Å²) in [5.41, 5.74) is 4.59. The van der Waals surface area contributed by atoms with Crippen molar-refractivity contribution in [3.05, 3.63) is 77.8 Å². The van der Waals surface area contributed by atoms with E-state index in [2.05, 4.69) is 63.3 Å². The van der Waals surface area contributed by atoms with Gasteiger partial charge in [-0.15, -0.1) is 0 Å². The van der Waals surface area contributed by atoms with E-state index in [0.29, 0.717) is 11.7 Å². The second-order valence-corrected chi connectivity index (χ2v) is 7.53.